The largest absolute Gasteiger partial charge is 0.325 e. The molecule has 2 nitrogen and oxygen atoms in total. The third kappa shape index (κ3) is 1.54. The summed E-state index contributed by atoms with van der Waals surface area (Å²) in [6.07, 6.45) is 4.60. The second kappa shape index (κ2) is 3.48. The molecule has 0 amide bonds. The number of hydrogen-bond donors (Lipinski definition) is 0. The normalized spacial score (nSPS) is 15.6. The van der Waals surface area contributed by atoms with E-state index in [-0.39, 0.29) is 0 Å². The Morgan fingerprint density at radius 2 is 2.38 bits per heavy atom. The van der Waals surface area contributed by atoms with Crippen LogP contribution in [0.3, 0.4) is 0 Å². The molecular formula is C14H16N2. The molecule has 82 valence electrons. The third-order valence-electron chi connectivity index (χ3n) is 3.23. The van der Waals surface area contributed by atoms with E-state index < -0.39 is 0 Å². The first-order valence-corrected chi connectivity index (χ1v) is 5.86. The van der Waals surface area contributed by atoms with Gasteiger partial charge in [-0.25, -0.2) is 4.98 Å². The highest BCUT2D eigenvalue weighted by atomic mass is 15.0. The Morgan fingerprint density at radius 1 is 1.56 bits per heavy atom. The number of rotatable bonds is 3. The van der Waals surface area contributed by atoms with Crippen LogP contribution in [0.15, 0.2) is 31.0 Å². The number of allylic oxidation sites excluding steroid dienone is 1. The maximum atomic E-state index is 4.49. The molecular weight excluding hydrogens is 196 g/mol. The van der Waals surface area contributed by atoms with E-state index in [0.717, 1.165) is 23.7 Å². The van der Waals surface area contributed by atoms with Crippen LogP contribution in [0, 0.1) is 5.92 Å². The summed E-state index contributed by atoms with van der Waals surface area (Å²) in [4.78, 5) is 4.49. The minimum absolute atomic E-state index is 0.857. The first-order chi connectivity index (χ1) is 7.75. The van der Waals surface area contributed by atoms with Crippen LogP contribution in [0.1, 0.15) is 25.5 Å². The van der Waals surface area contributed by atoms with E-state index in [1.807, 2.05) is 12.3 Å². The zero-order valence-electron chi connectivity index (χ0n) is 9.61. The Balaban J connectivity index is 2.18. The Labute approximate surface area is 95.6 Å². The Kier molecular flexibility index (Phi) is 2.10. The molecule has 2 aromatic rings. The molecule has 1 aliphatic carbocycles. The van der Waals surface area contributed by atoms with Crippen molar-refractivity contribution in [3.8, 4) is 0 Å². The summed E-state index contributed by atoms with van der Waals surface area (Å²) in [6, 6.07) is 6.32. The molecule has 0 aliphatic heterocycles. The van der Waals surface area contributed by atoms with E-state index in [4.69, 9.17) is 0 Å². The van der Waals surface area contributed by atoms with Crippen molar-refractivity contribution in [3.05, 3.63) is 36.7 Å². The fourth-order valence-electron chi connectivity index (χ4n) is 2.18. The van der Waals surface area contributed by atoms with Crippen molar-refractivity contribution >= 4 is 16.6 Å². The maximum absolute atomic E-state index is 4.49. The molecule has 2 heteroatoms. The van der Waals surface area contributed by atoms with Crippen molar-refractivity contribution in [1.29, 1.82) is 0 Å². The van der Waals surface area contributed by atoms with Crippen LogP contribution in [0.5, 0.6) is 0 Å². The zero-order valence-corrected chi connectivity index (χ0v) is 9.61. The van der Waals surface area contributed by atoms with E-state index in [2.05, 4.69) is 35.2 Å². The van der Waals surface area contributed by atoms with Gasteiger partial charge in [0.2, 0.25) is 0 Å². The highest BCUT2D eigenvalue weighted by Crippen LogP contribution is 2.33. The number of aromatic nitrogens is 2. The molecule has 1 fully saturated rings. The maximum Gasteiger partial charge on any atom is 0.140 e. The number of fused-ring (bicyclic) bond motifs is 1. The van der Waals surface area contributed by atoms with Crippen LogP contribution < -0.4 is 0 Å². The van der Waals surface area contributed by atoms with Gasteiger partial charge in [-0.2, -0.15) is 0 Å². The molecule has 2 heterocycles. The lowest BCUT2D eigenvalue weighted by Gasteiger charge is -2.08. The summed E-state index contributed by atoms with van der Waals surface area (Å²) >= 11 is 0. The van der Waals surface area contributed by atoms with E-state index >= 15 is 0 Å². The molecule has 0 atom stereocenters. The fraction of sp³-hybridized carbons (Fsp3) is 0.357. The summed E-state index contributed by atoms with van der Waals surface area (Å²) in [7, 11) is 0. The van der Waals surface area contributed by atoms with Crippen LogP contribution >= 0.6 is 0 Å². The van der Waals surface area contributed by atoms with Crippen molar-refractivity contribution < 1.29 is 0 Å². The Hall–Kier alpha value is -1.57. The van der Waals surface area contributed by atoms with Gasteiger partial charge < -0.3 is 4.57 Å². The van der Waals surface area contributed by atoms with Crippen molar-refractivity contribution in [3.63, 3.8) is 0 Å². The lowest BCUT2D eigenvalue weighted by Crippen LogP contribution is -2.03. The average molecular weight is 212 g/mol. The van der Waals surface area contributed by atoms with E-state index in [1.54, 1.807) is 0 Å². The van der Waals surface area contributed by atoms with Crippen LogP contribution in [0.2, 0.25) is 0 Å². The number of nitrogens with zero attached hydrogens (tertiary/aromatic N) is 2. The lowest BCUT2D eigenvalue weighted by atomic mass is 10.2. The van der Waals surface area contributed by atoms with Crippen LogP contribution in [-0.4, -0.2) is 9.55 Å². The van der Waals surface area contributed by atoms with E-state index in [1.165, 1.54) is 23.9 Å². The summed E-state index contributed by atoms with van der Waals surface area (Å²) in [5, 5.41) is 1.22. The predicted molar refractivity (Wildman–Crippen MR) is 67.2 cm³/mol. The number of hydrogen-bond acceptors (Lipinski definition) is 1. The predicted octanol–water partition coefficient (Wildman–Crippen LogP) is 3.48. The second-order valence-corrected chi connectivity index (χ2v) is 4.78. The van der Waals surface area contributed by atoms with Crippen LogP contribution in [0.4, 0.5) is 0 Å². The molecule has 16 heavy (non-hydrogen) atoms. The summed E-state index contributed by atoms with van der Waals surface area (Å²) in [6.45, 7) is 7.23. The summed E-state index contributed by atoms with van der Waals surface area (Å²) in [5.74, 6) is 0.857. The molecule has 0 spiro atoms. The molecule has 1 saturated carbocycles. The van der Waals surface area contributed by atoms with Crippen molar-refractivity contribution in [2.75, 3.05) is 0 Å². The molecule has 2 aromatic heterocycles. The molecule has 0 unspecified atom stereocenters. The molecule has 0 saturated heterocycles. The Bertz CT molecular complexity index is 547. The van der Waals surface area contributed by atoms with Crippen molar-refractivity contribution in [2.24, 2.45) is 5.92 Å². The fourth-order valence-corrected chi connectivity index (χ4v) is 2.18. The molecule has 0 N–H and O–H groups in total. The minimum atomic E-state index is 0.857. The topological polar surface area (TPSA) is 17.8 Å². The van der Waals surface area contributed by atoms with Gasteiger partial charge in [-0.15, -0.1) is 0 Å². The second-order valence-electron chi connectivity index (χ2n) is 4.78. The van der Waals surface area contributed by atoms with E-state index in [9.17, 15) is 0 Å². The molecule has 0 aromatic carbocycles. The molecule has 1 aliphatic rings. The van der Waals surface area contributed by atoms with Gasteiger partial charge in [0.05, 0.1) is 0 Å². The highest BCUT2D eigenvalue weighted by Gasteiger charge is 2.23. The summed E-state index contributed by atoms with van der Waals surface area (Å²) < 4.78 is 2.33. The van der Waals surface area contributed by atoms with Crippen LogP contribution in [-0.2, 0) is 6.54 Å². The van der Waals surface area contributed by atoms with Gasteiger partial charge >= 0.3 is 0 Å². The van der Waals surface area contributed by atoms with Gasteiger partial charge in [0.25, 0.3) is 0 Å². The first-order valence-electron chi connectivity index (χ1n) is 5.86. The van der Waals surface area contributed by atoms with Gasteiger partial charge in [0, 0.05) is 23.8 Å². The molecule has 0 radical (unpaired) electrons. The lowest BCUT2D eigenvalue weighted by molar-refractivity contribution is 0.637. The smallest absolute Gasteiger partial charge is 0.140 e. The average Bonchev–Trinajstić information content (AvgIpc) is 3.00. The van der Waals surface area contributed by atoms with Gasteiger partial charge in [0.1, 0.15) is 5.65 Å². The minimum Gasteiger partial charge on any atom is -0.325 e. The highest BCUT2D eigenvalue weighted by molar-refractivity contribution is 5.82. The SMILES string of the molecule is C=C(C)c1cc2cccnc2n1CC1CC1. The van der Waals surface area contributed by atoms with Crippen LogP contribution in [0.25, 0.3) is 16.6 Å². The van der Waals surface area contributed by atoms with Crippen molar-refractivity contribution in [2.45, 2.75) is 26.3 Å². The quantitative estimate of drug-likeness (QED) is 0.761. The Morgan fingerprint density at radius 3 is 3.06 bits per heavy atom. The summed E-state index contributed by atoms with van der Waals surface area (Å²) in [5.41, 5.74) is 3.46. The van der Waals surface area contributed by atoms with Gasteiger partial charge in [-0.3, -0.25) is 0 Å². The monoisotopic (exact) mass is 212 g/mol. The first kappa shape index (κ1) is 9.64. The van der Waals surface area contributed by atoms with E-state index in [0.29, 0.717) is 0 Å². The molecule has 0 bridgehead atoms. The standard InChI is InChI=1S/C14H16N2/c1-10(2)13-8-12-4-3-7-15-14(12)16(13)9-11-5-6-11/h3-4,7-8,11H,1,5-6,9H2,2H3. The number of pyridine rings is 1. The molecule has 3 rings (SSSR count). The zero-order chi connectivity index (χ0) is 11.1. The van der Waals surface area contributed by atoms with Gasteiger partial charge in [-0.05, 0) is 49.5 Å². The van der Waals surface area contributed by atoms with Gasteiger partial charge in [-0.1, -0.05) is 6.58 Å². The van der Waals surface area contributed by atoms with Crippen molar-refractivity contribution in [1.82, 2.24) is 9.55 Å². The van der Waals surface area contributed by atoms with Gasteiger partial charge in [0.15, 0.2) is 0 Å². The third-order valence-corrected chi connectivity index (χ3v) is 3.23.